The van der Waals surface area contributed by atoms with E-state index < -0.39 is 11.7 Å². The molecule has 0 bridgehead atoms. The standard InChI is InChI=1S/C14H12N2O2/c15-11-8-4-5-9-12(11)16-14(18)13(17)10-6-2-1-3-7-10/h1-9H,15H2,(H,16,18). The van der Waals surface area contributed by atoms with Crippen LogP contribution in [-0.4, -0.2) is 11.7 Å². The maximum absolute atomic E-state index is 11.8. The van der Waals surface area contributed by atoms with Gasteiger partial charge in [0.25, 0.3) is 11.7 Å². The van der Waals surface area contributed by atoms with Crippen LogP contribution < -0.4 is 11.1 Å². The van der Waals surface area contributed by atoms with E-state index in [1.807, 2.05) is 0 Å². The van der Waals surface area contributed by atoms with E-state index in [-0.39, 0.29) is 0 Å². The summed E-state index contributed by atoms with van der Waals surface area (Å²) < 4.78 is 0. The van der Waals surface area contributed by atoms with Crippen LogP contribution in [-0.2, 0) is 4.79 Å². The van der Waals surface area contributed by atoms with Gasteiger partial charge >= 0.3 is 0 Å². The summed E-state index contributed by atoms with van der Waals surface area (Å²) in [6.45, 7) is 0. The fourth-order valence-electron chi connectivity index (χ4n) is 1.51. The number of para-hydroxylation sites is 2. The number of carbonyl (C=O) groups is 2. The Balaban J connectivity index is 2.14. The van der Waals surface area contributed by atoms with E-state index in [1.165, 1.54) is 0 Å². The first-order chi connectivity index (χ1) is 8.68. The highest BCUT2D eigenvalue weighted by atomic mass is 16.2. The van der Waals surface area contributed by atoms with Gasteiger partial charge in [0.15, 0.2) is 0 Å². The third kappa shape index (κ3) is 2.55. The molecule has 0 radical (unpaired) electrons. The zero-order chi connectivity index (χ0) is 13.0. The number of anilines is 2. The van der Waals surface area contributed by atoms with Gasteiger partial charge in [-0.15, -0.1) is 0 Å². The van der Waals surface area contributed by atoms with Gasteiger partial charge in [-0.3, -0.25) is 9.59 Å². The van der Waals surface area contributed by atoms with Gasteiger partial charge in [-0.05, 0) is 12.1 Å². The topological polar surface area (TPSA) is 72.2 Å². The Kier molecular flexibility index (Phi) is 3.38. The Labute approximate surface area is 104 Å². The Morgan fingerprint density at radius 1 is 0.889 bits per heavy atom. The molecular formula is C14H12N2O2. The van der Waals surface area contributed by atoms with Crippen molar-refractivity contribution in [3.63, 3.8) is 0 Å². The van der Waals surface area contributed by atoms with E-state index in [1.54, 1.807) is 54.6 Å². The number of benzene rings is 2. The lowest BCUT2D eigenvalue weighted by molar-refractivity contribution is -0.112. The lowest BCUT2D eigenvalue weighted by atomic mass is 10.1. The predicted molar refractivity (Wildman–Crippen MR) is 70.3 cm³/mol. The van der Waals surface area contributed by atoms with Crippen molar-refractivity contribution in [2.75, 3.05) is 11.1 Å². The van der Waals surface area contributed by atoms with Gasteiger partial charge in [-0.2, -0.15) is 0 Å². The average molecular weight is 240 g/mol. The summed E-state index contributed by atoms with van der Waals surface area (Å²) in [5.74, 6) is -1.28. The third-order valence-electron chi connectivity index (χ3n) is 2.45. The van der Waals surface area contributed by atoms with Crippen LogP contribution in [0.4, 0.5) is 11.4 Å². The summed E-state index contributed by atoms with van der Waals surface area (Å²) >= 11 is 0. The quantitative estimate of drug-likeness (QED) is 0.490. The monoisotopic (exact) mass is 240 g/mol. The second kappa shape index (κ2) is 5.14. The first-order valence-electron chi connectivity index (χ1n) is 5.43. The van der Waals surface area contributed by atoms with Crippen molar-refractivity contribution in [1.82, 2.24) is 0 Å². The van der Waals surface area contributed by atoms with Crippen LogP contribution in [0.25, 0.3) is 0 Å². The number of nitrogens with one attached hydrogen (secondary N) is 1. The number of hydrogen-bond donors (Lipinski definition) is 2. The van der Waals surface area contributed by atoms with Gasteiger partial charge in [-0.1, -0.05) is 42.5 Å². The molecule has 1 amide bonds. The second-order valence-electron chi connectivity index (χ2n) is 3.74. The fraction of sp³-hybridized carbons (Fsp3) is 0. The highest BCUT2D eigenvalue weighted by molar-refractivity contribution is 6.46. The lowest BCUT2D eigenvalue weighted by Gasteiger charge is -2.06. The molecule has 0 saturated carbocycles. The van der Waals surface area contributed by atoms with Crippen molar-refractivity contribution < 1.29 is 9.59 Å². The van der Waals surface area contributed by atoms with Crippen LogP contribution >= 0.6 is 0 Å². The molecule has 3 N–H and O–H groups in total. The highest BCUT2D eigenvalue weighted by Crippen LogP contribution is 2.16. The zero-order valence-electron chi connectivity index (χ0n) is 9.59. The van der Waals surface area contributed by atoms with Crippen LogP contribution in [0.2, 0.25) is 0 Å². The zero-order valence-corrected chi connectivity index (χ0v) is 9.59. The smallest absolute Gasteiger partial charge is 0.296 e. The van der Waals surface area contributed by atoms with Gasteiger partial charge in [0, 0.05) is 5.56 Å². The van der Waals surface area contributed by atoms with Gasteiger partial charge in [-0.25, -0.2) is 0 Å². The van der Waals surface area contributed by atoms with Crippen molar-refractivity contribution in [2.45, 2.75) is 0 Å². The maximum atomic E-state index is 11.8. The predicted octanol–water partition coefficient (Wildman–Crippen LogP) is 2.09. The number of amides is 1. The molecule has 0 unspecified atom stereocenters. The molecule has 0 saturated heterocycles. The average Bonchev–Trinajstić information content (AvgIpc) is 2.41. The molecule has 2 aromatic carbocycles. The van der Waals surface area contributed by atoms with E-state index in [0.29, 0.717) is 16.9 Å². The fourth-order valence-corrected chi connectivity index (χ4v) is 1.51. The maximum Gasteiger partial charge on any atom is 0.296 e. The summed E-state index contributed by atoms with van der Waals surface area (Å²) in [6.07, 6.45) is 0. The molecule has 0 heterocycles. The van der Waals surface area contributed by atoms with Crippen molar-refractivity contribution in [2.24, 2.45) is 0 Å². The van der Waals surface area contributed by atoms with Crippen molar-refractivity contribution >= 4 is 23.1 Å². The van der Waals surface area contributed by atoms with E-state index in [0.717, 1.165) is 0 Å². The number of carbonyl (C=O) groups excluding carboxylic acids is 2. The Morgan fingerprint density at radius 3 is 2.17 bits per heavy atom. The van der Waals surface area contributed by atoms with E-state index >= 15 is 0 Å². The Bertz CT molecular complexity index is 579. The first kappa shape index (κ1) is 11.9. The Morgan fingerprint density at radius 2 is 1.50 bits per heavy atom. The van der Waals surface area contributed by atoms with E-state index in [2.05, 4.69) is 5.32 Å². The molecule has 4 heteroatoms. The van der Waals surface area contributed by atoms with Crippen molar-refractivity contribution in [1.29, 1.82) is 0 Å². The normalized spacial score (nSPS) is 9.78. The van der Waals surface area contributed by atoms with E-state index in [4.69, 9.17) is 5.73 Å². The molecule has 18 heavy (non-hydrogen) atoms. The molecule has 4 nitrogen and oxygen atoms in total. The number of hydrogen-bond acceptors (Lipinski definition) is 3. The Hall–Kier alpha value is -2.62. The van der Waals surface area contributed by atoms with Gasteiger partial charge in [0.05, 0.1) is 11.4 Å². The van der Waals surface area contributed by atoms with Gasteiger partial charge < -0.3 is 11.1 Å². The number of Topliss-reactive ketones (excluding diaryl/α,β-unsaturated/α-hetero) is 1. The molecule has 90 valence electrons. The second-order valence-corrected chi connectivity index (χ2v) is 3.74. The molecule has 0 aromatic heterocycles. The minimum absolute atomic E-state index is 0.351. The van der Waals surface area contributed by atoms with Gasteiger partial charge in [0.1, 0.15) is 0 Å². The van der Waals surface area contributed by atoms with Crippen LogP contribution in [0.5, 0.6) is 0 Å². The largest absolute Gasteiger partial charge is 0.397 e. The third-order valence-corrected chi connectivity index (χ3v) is 2.45. The van der Waals surface area contributed by atoms with Crippen LogP contribution in [0, 0.1) is 0 Å². The minimum atomic E-state index is -0.695. The molecule has 2 rings (SSSR count). The summed E-state index contributed by atoms with van der Waals surface area (Å²) in [7, 11) is 0. The van der Waals surface area contributed by atoms with E-state index in [9.17, 15) is 9.59 Å². The summed E-state index contributed by atoms with van der Waals surface area (Å²) in [5, 5.41) is 2.49. The SMILES string of the molecule is Nc1ccccc1NC(=O)C(=O)c1ccccc1. The number of ketones is 1. The summed E-state index contributed by atoms with van der Waals surface area (Å²) in [4.78, 5) is 23.6. The molecule has 0 aliphatic heterocycles. The lowest BCUT2D eigenvalue weighted by Crippen LogP contribution is -2.23. The van der Waals surface area contributed by atoms with Crippen LogP contribution in [0.3, 0.4) is 0 Å². The number of nitrogen functional groups attached to an aromatic ring is 1. The molecule has 2 aromatic rings. The molecular weight excluding hydrogens is 228 g/mol. The summed E-state index contributed by atoms with van der Waals surface area (Å²) in [5.41, 5.74) is 6.89. The molecule has 0 spiro atoms. The highest BCUT2D eigenvalue weighted by Gasteiger charge is 2.16. The van der Waals surface area contributed by atoms with Crippen LogP contribution in [0.15, 0.2) is 54.6 Å². The molecule has 0 atom stereocenters. The summed E-state index contributed by atoms with van der Waals surface area (Å²) in [6, 6.07) is 15.2. The van der Waals surface area contributed by atoms with Crippen LogP contribution in [0.1, 0.15) is 10.4 Å². The minimum Gasteiger partial charge on any atom is -0.397 e. The number of nitrogens with two attached hydrogens (primary N) is 1. The van der Waals surface area contributed by atoms with Crippen molar-refractivity contribution in [3.05, 3.63) is 60.2 Å². The number of rotatable bonds is 3. The molecule has 0 fully saturated rings. The molecule has 0 aliphatic carbocycles. The first-order valence-corrected chi connectivity index (χ1v) is 5.43. The molecule has 0 aliphatic rings. The van der Waals surface area contributed by atoms with Gasteiger partial charge in [0.2, 0.25) is 0 Å². The van der Waals surface area contributed by atoms with Crippen molar-refractivity contribution in [3.8, 4) is 0 Å².